The van der Waals surface area contributed by atoms with E-state index in [1.54, 1.807) is 24.7 Å². The molecule has 0 radical (unpaired) electrons. The van der Waals surface area contributed by atoms with Gasteiger partial charge < -0.3 is 28.8 Å². The fourth-order valence-corrected chi connectivity index (χ4v) is 6.73. The number of imidazole rings is 1. The van der Waals surface area contributed by atoms with E-state index in [2.05, 4.69) is 15.0 Å². The highest BCUT2D eigenvalue weighted by atomic mass is 35.5. The van der Waals surface area contributed by atoms with Crippen LogP contribution in [0.4, 0.5) is 5.69 Å². The maximum Gasteiger partial charge on any atom is 0.215 e. The highest BCUT2D eigenvalue weighted by molar-refractivity contribution is 7.90. The third-order valence-electron chi connectivity index (χ3n) is 6.81. The van der Waals surface area contributed by atoms with Crippen molar-refractivity contribution in [2.24, 2.45) is 0 Å². The summed E-state index contributed by atoms with van der Waals surface area (Å²) in [6.45, 7) is 2.69. The quantitative estimate of drug-likeness (QED) is 0.295. The minimum atomic E-state index is -3.34. The van der Waals surface area contributed by atoms with Gasteiger partial charge in [-0.2, -0.15) is 0 Å². The van der Waals surface area contributed by atoms with Crippen molar-refractivity contribution in [3.63, 3.8) is 0 Å². The SMILES string of the molecule is O=S(=O)(NCCNc1ccc(OC[C@@H]2CO[C@@](Cn3ccnc3)(c3ccc(Cl)cc3Cl)O2)cc1)C1CCOCC1. The number of sulfonamides is 1. The summed E-state index contributed by atoms with van der Waals surface area (Å²) in [5.41, 5.74) is 1.54. The molecule has 0 spiro atoms. The molecule has 1 aromatic heterocycles. The van der Waals surface area contributed by atoms with Gasteiger partial charge in [-0.05, 0) is 49.2 Å². The van der Waals surface area contributed by atoms with Crippen molar-refractivity contribution >= 4 is 38.9 Å². The molecule has 13 heteroatoms. The Bertz CT molecular complexity index is 1350. The Morgan fingerprint density at radius 3 is 2.62 bits per heavy atom. The lowest BCUT2D eigenvalue weighted by molar-refractivity contribution is -0.189. The van der Waals surface area contributed by atoms with Crippen LogP contribution >= 0.6 is 23.2 Å². The molecule has 2 fully saturated rings. The molecule has 216 valence electrons. The lowest BCUT2D eigenvalue weighted by atomic mass is 10.1. The van der Waals surface area contributed by atoms with Gasteiger partial charge in [0.25, 0.3) is 0 Å². The predicted molar refractivity (Wildman–Crippen MR) is 152 cm³/mol. The number of anilines is 1. The van der Waals surface area contributed by atoms with Gasteiger partial charge in [0.05, 0.1) is 29.8 Å². The van der Waals surface area contributed by atoms with Gasteiger partial charge in [0.2, 0.25) is 15.8 Å². The first-order chi connectivity index (χ1) is 19.3. The molecule has 0 bridgehead atoms. The average molecular weight is 612 g/mol. The Morgan fingerprint density at radius 1 is 1.10 bits per heavy atom. The summed E-state index contributed by atoms with van der Waals surface area (Å²) in [6.07, 6.45) is 5.94. The van der Waals surface area contributed by atoms with Crippen LogP contribution in [0.25, 0.3) is 0 Å². The van der Waals surface area contributed by atoms with Gasteiger partial charge in [0.15, 0.2) is 0 Å². The molecule has 2 atom stereocenters. The van der Waals surface area contributed by atoms with E-state index in [0.717, 1.165) is 5.69 Å². The molecule has 0 unspecified atom stereocenters. The Hall–Kier alpha value is -2.38. The summed E-state index contributed by atoms with van der Waals surface area (Å²) in [7, 11) is -3.34. The Balaban J connectivity index is 1.11. The fraction of sp³-hybridized carbons (Fsp3) is 0.444. The van der Waals surface area contributed by atoms with Crippen molar-refractivity contribution in [2.45, 2.75) is 36.5 Å². The van der Waals surface area contributed by atoms with Crippen LogP contribution in [0.1, 0.15) is 18.4 Å². The molecule has 2 aliphatic rings. The summed E-state index contributed by atoms with van der Waals surface area (Å²) in [4.78, 5) is 4.11. The van der Waals surface area contributed by atoms with Crippen LogP contribution in [0.3, 0.4) is 0 Å². The zero-order valence-electron chi connectivity index (χ0n) is 21.8. The molecule has 10 nitrogen and oxygen atoms in total. The Kier molecular flexibility index (Phi) is 9.52. The van der Waals surface area contributed by atoms with E-state index in [9.17, 15) is 8.42 Å². The summed E-state index contributed by atoms with van der Waals surface area (Å²) < 4.78 is 53.2. The minimum absolute atomic E-state index is 0.275. The Labute approximate surface area is 243 Å². The third kappa shape index (κ3) is 7.27. The largest absolute Gasteiger partial charge is 0.491 e. The lowest BCUT2D eigenvalue weighted by Gasteiger charge is -2.30. The average Bonchev–Trinajstić information content (AvgIpc) is 3.62. The molecule has 2 saturated heterocycles. The molecule has 5 rings (SSSR count). The summed E-state index contributed by atoms with van der Waals surface area (Å²) >= 11 is 12.6. The first kappa shape index (κ1) is 29.1. The molecule has 0 aliphatic carbocycles. The lowest BCUT2D eigenvalue weighted by Crippen LogP contribution is -2.39. The van der Waals surface area contributed by atoms with Crippen molar-refractivity contribution in [2.75, 3.05) is 44.8 Å². The summed E-state index contributed by atoms with van der Waals surface area (Å²) in [5, 5.41) is 3.82. The number of rotatable bonds is 12. The topological polar surface area (TPSA) is 113 Å². The second kappa shape index (κ2) is 13.1. The van der Waals surface area contributed by atoms with E-state index in [4.69, 9.17) is 42.1 Å². The second-order valence-corrected chi connectivity index (χ2v) is 12.6. The van der Waals surface area contributed by atoms with Gasteiger partial charge in [-0.25, -0.2) is 18.1 Å². The van der Waals surface area contributed by atoms with Gasteiger partial charge >= 0.3 is 0 Å². The first-order valence-corrected chi connectivity index (χ1v) is 15.4. The highest BCUT2D eigenvalue weighted by Gasteiger charge is 2.45. The van der Waals surface area contributed by atoms with Gasteiger partial charge in [-0.1, -0.05) is 29.3 Å². The molecule has 0 saturated carbocycles. The molecular formula is C27H32Cl2N4O6S. The zero-order chi connectivity index (χ0) is 28.0. The number of halogens is 2. The molecule has 40 heavy (non-hydrogen) atoms. The standard InChI is InChI=1S/C27H32Cl2N4O6S/c28-20-1-6-25(26(29)15-20)27(18-33-12-11-30-19-33)38-17-23(39-27)16-37-22-4-2-21(3-5-22)31-9-10-32-40(34,35)24-7-13-36-14-8-24/h1-6,11-12,15,19,23-24,31-32H,7-10,13-14,16-18H2/t23-,27-/m1/s1. The van der Waals surface area contributed by atoms with Crippen molar-refractivity contribution < 1.29 is 27.4 Å². The van der Waals surface area contributed by atoms with Crippen LogP contribution in [0.5, 0.6) is 5.75 Å². The van der Waals surface area contributed by atoms with E-state index in [1.807, 2.05) is 41.1 Å². The fourth-order valence-electron chi connectivity index (χ4n) is 4.74. The monoisotopic (exact) mass is 610 g/mol. The van der Waals surface area contributed by atoms with E-state index in [1.165, 1.54) is 0 Å². The maximum atomic E-state index is 12.4. The van der Waals surface area contributed by atoms with Crippen LogP contribution < -0.4 is 14.8 Å². The van der Waals surface area contributed by atoms with Gasteiger partial charge in [-0.3, -0.25) is 0 Å². The van der Waals surface area contributed by atoms with Crippen LogP contribution in [0, 0.1) is 0 Å². The van der Waals surface area contributed by atoms with Crippen LogP contribution in [0.15, 0.2) is 61.2 Å². The van der Waals surface area contributed by atoms with Crippen LogP contribution in [-0.4, -0.2) is 68.8 Å². The summed E-state index contributed by atoms with van der Waals surface area (Å²) in [6, 6.07) is 12.7. The molecule has 2 aliphatic heterocycles. The molecule has 2 aromatic carbocycles. The van der Waals surface area contributed by atoms with Gasteiger partial charge in [0.1, 0.15) is 18.5 Å². The number of aromatic nitrogens is 2. The molecule has 0 amide bonds. The van der Waals surface area contributed by atoms with Crippen LogP contribution in [0.2, 0.25) is 10.0 Å². The second-order valence-electron chi connectivity index (χ2n) is 9.68. The van der Waals surface area contributed by atoms with Crippen molar-refractivity contribution in [3.05, 3.63) is 76.8 Å². The van der Waals surface area contributed by atoms with E-state index >= 15 is 0 Å². The minimum Gasteiger partial charge on any atom is -0.491 e. The van der Waals surface area contributed by atoms with E-state index in [0.29, 0.717) is 73.7 Å². The normalized spacial score (nSPS) is 21.9. The number of hydrogen-bond acceptors (Lipinski definition) is 8. The molecular weight excluding hydrogens is 579 g/mol. The third-order valence-corrected chi connectivity index (χ3v) is 9.31. The molecule has 3 heterocycles. The highest BCUT2D eigenvalue weighted by Crippen LogP contribution is 2.40. The summed E-state index contributed by atoms with van der Waals surface area (Å²) in [5.74, 6) is -0.442. The number of nitrogens with one attached hydrogen (secondary N) is 2. The smallest absolute Gasteiger partial charge is 0.215 e. The number of hydrogen-bond donors (Lipinski definition) is 2. The van der Waals surface area contributed by atoms with Crippen molar-refractivity contribution in [1.82, 2.24) is 14.3 Å². The predicted octanol–water partition coefficient (Wildman–Crippen LogP) is 4.05. The van der Waals surface area contributed by atoms with E-state index < -0.39 is 15.8 Å². The van der Waals surface area contributed by atoms with Crippen molar-refractivity contribution in [1.29, 1.82) is 0 Å². The van der Waals surface area contributed by atoms with Crippen molar-refractivity contribution in [3.8, 4) is 5.75 Å². The van der Waals surface area contributed by atoms with E-state index in [-0.39, 0.29) is 18.0 Å². The van der Waals surface area contributed by atoms with Gasteiger partial charge in [0, 0.05) is 55.0 Å². The Morgan fingerprint density at radius 2 is 1.90 bits per heavy atom. The van der Waals surface area contributed by atoms with Gasteiger partial charge in [-0.15, -0.1) is 0 Å². The zero-order valence-corrected chi connectivity index (χ0v) is 24.1. The molecule has 2 N–H and O–H groups in total. The number of benzene rings is 2. The number of ether oxygens (including phenoxy) is 4. The molecule has 3 aromatic rings. The first-order valence-electron chi connectivity index (χ1n) is 13.1. The van der Waals surface area contributed by atoms with Crippen LogP contribution in [-0.2, 0) is 36.6 Å². The maximum absolute atomic E-state index is 12.4. The number of nitrogens with zero attached hydrogens (tertiary/aromatic N) is 2.